The molecule has 1 unspecified atom stereocenters. The normalized spacial score (nSPS) is 21.0. The maximum Gasteiger partial charge on any atom is 0.345 e. The zero-order valence-electron chi connectivity index (χ0n) is 11.1. The Morgan fingerprint density at radius 3 is 2.33 bits per heavy atom. The summed E-state index contributed by atoms with van der Waals surface area (Å²) in [5, 5.41) is 8.26. The van der Waals surface area contributed by atoms with E-state index in [-0.39, 0.29) is 11.6 Å². The maximum atomic E-state index is 13.1. The molecule has 114 valence electrons. The van der Waals surface area contributed by atoms with E-state index in [0.29, 0.717) is 5.70 Å². The number of nitrogens with two attached hydrogens (primary N) is 1. The molecule has 1 aromatic heterocycles. The molecule has 9 heteroatoms. The first-order valence-corrected chi connectivity index (χ1v) is 7.58. The summed E-state index contributed by atoms with van der Waals surface area (Å²) in [6.45, 7) is 0. The molecule has 0 bridgehead atoms. The molecule has 0 saturated carbocycles. The van der Waals surface area contributed by atoms with Crippen molar-refractivity contribution in [1.29, 1.82) is 0 Å². The lowest BCUT2D eigenvalue weighted by Crippen LogP contribution is -2.32. The number of aliphatic carboxylic acids is 1. The quantitative estimate of drug-likeness (QED) is 0.760. The van der Waals surface area contributed by atoms with Crippen molar-refractivity contribution in [2.75, 3.05) is 6.26 Å². The van der Waals surface area contributed by atoms with Gasteiger partial charge in [0.2, 0.25) is 20.7 Å². The van der Waals surface area contributed by atoms with E-state index >= 15 is 0 Å². The summed E-state index contributed by atoms with van der Waals surface area (Å²) < 4.78 is 34.5. The van der Waals surface area contributed by atoms with Crippen LogP contribution in [-0.2, 0) is 14.6 Å². The minimum absolute atomic E-state index is 0.130. The van der Waals surface area contributed by atoms with Crippen molar-refractivity contribution >= 4 is 15.8 Å². The SMILES string of the molecule is CS(=O)(=O)c1ncccn1.NC1=CCC(F)(C(=O)O)C=C1. The third-order valence-corrected chi connectivity index (χ3v) is 3.28. The van der Waals surface area contributed by atoms with Crippen LogP contribution in [-0.4, -0.2) is 41.4 Å². The largest absolute Gasteiger partial charge is 0.479 e. The molecule has 2 rings (SSSR count). The van der Waals surface area contributed by atoms with Crippen molar-refractivity contribution in [2.24, 2.45) is 5.73 Å². The van der Waals surface area contributed by atoms with Gasteiger partial charge in [0.05, 0.1) is 0 Å². The van der Waals surface area contributed by atoms with Gasteiger partial charge in [-0.25, -0.2) is 27.6 Å². The summed E-state index contributed by atoms with van der Waals surface area (Å²) in [5.41, 5.74) is 3.41. The molecule has 0 spiro atoms. The van der Waals surface area contributed by atoms with Crippen molar-refractivity contribution in [2.45, 2.75) is 17.2 Å². The van der Waals surface area contributed by atoms with Gasteiger partial charge in [0.25, 0.3) is 0 Å². The van der Waals surface area contributed by atoms with Gasteiger partial charge >= 0.3 is 5.97 Å². The predicted molar refractivity (Wildman–Crippen MR) is 72.6 cm³/mol. The Morgan fingerprint density at radius 2 is 2.00 bits per heavy atom. The average Bonchev–Trinajstić information content (AvgIpc) is 2.43. The highest BCUT2D eigenvalue weighted by Crippen LogP contribution is 2.23. The second kappa shape index (κ2) is 6.44. The topological polar surface area (TPSA) is 123 Å². The van der Waals surface area contributed by atoms with Crippen LogP contribution in [0.25, 0.3) is 0 Å². The fourth-order valence-corrected chi connectivity index (χ4v) is 1.77. The van der Waals surface area contributed by atoms with Gasteiger partial charge in [0.15, 0.2) is 0 Å². The molecule has 1 heterocycles. The number of allylic oxidation sites excluding steroid dienone is 2. The number of carboxylic acid groups (broad SMARTS) is 1. The van der Waals surface area contributed by atoms with Gasteiger partial charge in [-0.2, -0.15) is 0 Å². The van der Waals surface area contributed by atoms with Gasteiger partial charge in [-0.05, 0) is 18.2 Å². The highest BCUT2D eigenvalue weighted by molar-refractivity contribution is 7.90. The highest BCUT2D eigenvalue weighted by atomic mass is 32.2. The lowest BCUT2D eigenvalue weighted by atomic mass is 9.96. The van der Waals surface area contributed by atoms with Crippen LogP contribution in [0.5, 0.6) is 0 Å². The first-order valence-electron chi connectivity index (χ1n) is 5.69. The second-order valence-corrected chi connectivity index (χ2v) is 6.12. The molecule has 1 aromatic rings. The Bertz CT molecular complexity index is 673. The Labute approximate surface area is 120 Å². The minimum atomic E-state index is -3.23. The zero-order chi connectivity index (χ0) is 16.1. The number of nitrogens with zero attached hydrogens (tertiary/aromatic N) is 2. The minimum Gasteiger partial charge on any atom is -0.479 e. The number of hydrogen-bond acceptors (Lipinski definition) is 6. The van der Waals surface area contributed by atoms with Gasteiger partial charge in [0.1, 0.15) is 0 Å². The van der Waals surface area contributed by atoms with Gasteiger partial charge < -0.3 is 10.8 Å². The first kappa shape index (κ1) is 16.8. The molecule has 0 fully saturated rings. The molecule has 0 amide bonds. The number of rotatable bonds is 2. The lowest BCUT2D eigenvalue weighted by Gasteiger charge is -2.17. The Balaban J connectivity index is 0.000000211. The van der Waals surface area contributed by atoms with Crippen LogP contribution in [0.2, 0.25) is 0 Å². The molecule has 0 aliphatic heterocycles. The van der Waals surface area contributed by atoms with E-state index in [1.165, 1.54) is 24.5 Å². The first-order chi connectivity index (χ1) is 9.65. The van der Waals surface area contributed by atoms with E-state index < -0.39 is 21.5 Å². The third kappa shape index (κ3) is 4.95. The standard InChI is InChI=1S/C7H8FNO2.C5H6N2O2S/c8-7(6(10)11)3-1-5(9)2-4-7;1-10(8,9)5-6-3-2-4-7-5/h1-3H,4,9H2,(H,10,11);2-4H,1H3. The molecule has 1 aliphatic carbocycles. The van der Waals surface area contributed by atoms with Gasteiger partial charge in [-0.3, -0.25) is 0 Å². The van der Waals surface area contributed by atoms with Crippen LogP contribution < -0.4 is 5.73 Å². The Kier molecular flexibility index (Phi) is 5.14. The van der Waals surface area contributed by atoms with E-state index in [9.17, 15) is 17.6 Å². The summed E-state index contributed by atoms with van der Waals surface area (Å²) in [6, 6.07) is 1.56. The number of carbonyl (C=O) groups is 1. The summed E-state index contributed by atoms with van der Waals surface area (Å²) in [6.07, 6.45) is 7.25. The number of alkyl halides is 1. The Morgan fingerprint density at radius 1 is 1.43 bits per heavy atom. The molecule has 0 radical (unpaired) electrons. The molecular formula is C12H14FN3O4S. The van der Waals surface area contributed by atoms with Crippen LogP contribution in [0.1, 0.15) is 6.42 Å². The van der Waals surface area contributed by atoms with Crippen LogP contribution in [0.3, 0.4) is 0 Å². The van der Waals surface area contributed by atoms with Crippen LogP contribution in [0, 0.1) is 0 Å². The average molecular weight is 315 g/mol. The van der Waals surface area contributed by atoms with Gasteiger partial charge in [0, 0.05) is 30.8 Å². The molecule has 1 atom stereocenters. The summed E-state index contributed by atoms with van der Waals surface area (Å²) in [5.74, 6) is -1.47. The number of aromatic nitrogens is 2. The number of sulfone groups is 1. The number of halogens is 1. The van der Waals surface area contributed by atoms with E-state index in [0.717, 1.165) is 12.3 Å². The maximum absolute atomic E-state index is 13.1. The Hall–Kier alpha value is -2.29. The van der Waals surface area contributed by atoms with Crippen molar-refractivity contribution in [3.05, 3.63) is 42.4 Å². The number of carboxylic acids is 1. The lowest BCUT2D eigenvalue weighted by molar-refractivity contribution is -0.147. The third-order valence-electron chi connectivity index (χ3n) is 2.40. The van der Waals surface area contributed by atoms with E-state index in [1.807, 2.05) is 0 Å². The summed E-state index contributed by atoms with van der Waals surface area (Å²) in [7, 11) is -3.23. The van der Waals surface area contributed by atoms with Crippen molar-refractivity contribution in [3.8, 4) is 0 Å². The summed E-state index contributed by atoms with van der Waals surface area (Å²) >= 11 is 0. The molecule has 3 N–H and O–H groups in total. The van der Waals surface area contributed by atoms with Gasteiger partial charge in [-0.1, -0.05) is 6.08 Å². The molecule has 0 aromatic carbocycles. The molecule has 0 saturated heterocycles. The van der Waals surface area contributed by atoms with E-state index in [1.54, 1.807) is 6.07 Å². The van der Waals surface area contributed by atoms with E-state index in [4.69, 9.17) is 10.8 Å². The summed E-state index contributed by atoms with van der Waals surface area (Å²) in [4.78, 5) is 17.4. The smallest absolute Gasteiger partial charge is 0.345 e. The molecule has 21 heavy (non-hydrogen) atoms. The van der Waals surface area contributed by atoms with Crippen LogP contribution in [0.15, 0.2) is 47.5 Å². The van der Waals surface area contributed by atoms with Gasteiger partial charge in [-0.15, -0.1) is 0 Å². The van der Waals surface area contributed by atoms with Crippen molar-refractivity contribution < 1.29 is 22.7 Å². The fraction of sp³-hybridized carbons (Fsp3) is 0.250. The zero-order valence-corrected chi connectivity index (χ0v) is 11.9. The van der Waals surface area contributed by atoms with Crippen molar-refractivity contribution in [3.63, 3.8) is 0 Å². The van der Waals surface area contributed by atoms with Crippen LogP contribution >= 0.6 is 0 Å². The van der Waals surface area contributed by atoms with Crippen molar-refractivity contribution in [1.82, 2.24) is 9.97 Å². The second-order valence-electron chi connectivity index (χ2n) is 4.21. The fourth-order valence-electron chi connectivity index (χ4n) is 1.27. The monoisotopic (exact) mass is 315 g/mol. The number of hydrogen-bond donors (Lipinski definition) is 2. The van der Waals surface area contributed by atoms with Crippen LogP contribution in [0.4, 0.5) is 4.39 Å². The molecular weight excluding hydrogens is 301 g/mol. The highest BCUT2D eigenvalue weighted by Gasteiger charge is 2.36. The molecule has 7 nitrogen and oxygen atoms in total. The predicted octanol–water partition coefficient (Wildman–Crippen LogP) is 0.462. The van der Waals surface area contributed by atoms with E-state index in [2.05, 4.69) is 9.97 Å². The molecule has 1 aliphatic rings.